The van der Waals surface area contributed by atoms with Gasteiger partial charge in [0.2, 0.25) is 11.8 Å². The van der Waals surface area contributed by atoms with Crippen molar-refractivity contribution in [3.8, 4) is 0 Å². The second-order valence-electron chi connectivity index (χ2n) is 4.20. The number of rotatable bonds is 4. The second-order valence-corrected chi connectivity index (χ2v) is 4.46. The van der Waals surface area contributed by atoms with Crippen LogP contribution in [0.1, 0.15) is 23.6 Å². The van der Waals surface area contributed by atoms with Gasteiger partial charge in [-0.3, -0.25) is 9.59 Å². The highest BCUT2D eigenvalue weighted by Gasteiger charge is 2.07. The molecule has 1 aromatic rings. The topological polar surface area (TPSA) is 58.2 Å². The van der Waals surface area contributed by atoms with Gasteiger partial charge in [-0.15, -0.1) is 11.6 Å². The maximum Gasteiger partial charge on any atom is 0.235 e. The van der Waals surface area contributed by atoms with E-state index in [0.29, 0.717) is 6.54 Å². The normalized spacial score (nSPS) is 10.0. The lowest BCUT2D eigenvalue weighted by Gasteiger charge is -2.13. The Hall–Kier alpha value is -1.55. The van der Waals surface area contributed by atoms with E-state index >= 15 is 0 Å². The van der Waals surface area contributed by atoms with Crippen LogP contribution in [0.2, 0.25) is 0 Å². The number of amides is 2. The van der Waals surface area contributed by atoms with Crippen LogP contribution in [0.4, 0.5) is 5.69 Å². The molecule has 4 nitrogen and oxygen atoms in total. The van der Waals surface area contributed by atoms with Crippen LogP contribution >= 0.6 is 11.6 Å². The molecule has 2 N–H and O–H groups in total. The summed E-state index contributed by atoms with van der Waals surface area (Å²) in [4.78, 5) is 22.1. The zero-order valence-electron chi connectivity index (χ0n) is 10.8. The number of halogens is 1. The lowest BCUT2D eigenvalue weighted by atomic mass is 10.0. The molecule has 0 spiro atoms. The Balaban J connectivity index is 2.85. The Morgan fingerprint density at radius 3 is 2.22 bits per heavy atom. The first-order valence-electron chi connectivity index (χ1n) is 5.64. The van der Waals surface area contributed by atoms with Crippen molar-refractivity contribution >= 4 is 29.1 Å². The van der Waals surface area contributed by atoms with Gasteiger partial charge in [0, 0.05) is 19.2 Å². The molecule has 1 rings (SSSR count). The monoisotopic (exact) mass is 268 g/mol. The van der Waals surface area contributed by atoms with E-state index in [1.165, 1.54) is 6.92 Å². The molecule has 98 valence electrons. The standard InChI is InChI=1S/C13H17ClN2O2/c1-8-4-11(7-15-12(18)6-14)5-9(2)13(8)16-10(3)17/h4-5H,6-7H2,1-3H3,(H,15,18)(H,16,17). The minimum absolute atomic E-state index is 0.0397. The van der Waals surface area contributed by atoms with Crippen LogP contribution < -0.4 is 10.6 Å². The SMILES string of the molecule is CC(=O)Nc1c(C)cc(CNC(=O)CCl)cc1C. The number of hydrogen-bond acceptors (Lipinski definition) is 2. The summed E-state index contributed by atoms with van der Waals surface area (Å²) in [7, 11) is 0. The fourth-order valence-electron chi connectivity index (χ4n) is 1.78. The molecule has 2 amide bonds. The van der Waals surface area contributed by atoms with Crippen molar-refractivity contribution in [3.05, 3.63) is 28.8 Å². The molecule has 0 heterocycles. The molecule has 0 aliphatic heterocycles. The van der Waals surface area contributed by atoms with Gasteiger partial charge in [0.25, 0.3) is 0 Å². The van der Waals surface area contributed by atoms with Crippen LogP contribution in [0.15, 0.2) is 12.1 Å². The summed E-state index contributed by atoms with van der Waals surface area (Å²) in [6.07, 6.45) is 0. The summed E-state index contributed by atoms with van der Waals surface area (Å²) in [6, 6.07) is 3.87. The highest BCUT2D eigenvalue weighted by molar-refractivity contribution is 6.27. The maximum absolute atomic E-state index is 11.1. The van der Waals surface area contributed by atoms with Gasteiger partial charge >= 0.3 is 0 Å². The number of alkyl halides is 1. The van der Waals surface area contributed by atoms with Crippen molar-refractivity contribution < 1.29 is 9.59 Å². The fraction of sp³-hybridized carbons (Fsp3) is 0.385. The predicted octanol–water partition coefficient (Wildman–Crippen LogP) is 2.12. The maximum atomic E-state index is 11.1. The average Bonchev–Trinajstić information content (AvgIpc) is 2.30. The molecular formula is C13H17ClN2O2. The van der Waals surface area contributed by atoms with Gasteiger partial charge in [-0.05, 0) is 30.5 Å². The molecule has 0 atom stereocenters. The summed E-state index contributed by atoms with van der Waals surface area (Å²) in [5.41, 5.74) is 3.76. The molecule has 0 saturated carbocycles. The highest BCUT2D eigenvalue weighted by atomic mass is 35.5. The summed E-state index contributed by atoms with van der Waals surface area (Å²) < 4.78 is 0. The van der Waals surface area contributed by atoms with Gasteiger partial charge in [-0.1, -0.05) is 12.1 Å². The minimum atomic E-state index is -0.196. The van der Waals surface area contributed by atoms with Gasteiger partial charge in [0.1, 0.15) is 5.88 Å². The summed E-state index contributed by atoms with van der Waals surface area (Å²) in [5, 5.41) is 5.50. The number of carbonyl (C=O) groups excluding carboxylic acids is 2. The molecule has 0 aromatic heterocycles. The smallest absolute Gasteiger partial charge is 0.235 e. The summed E-state index contributed by atoms with van der Waals surface area (Å²) in [6.45, 7) is 5.76. The average molecular weight is 269 g/mol. The van der Waals surface area contributed by atoms with Crippen molar-refractivity contribution in [1.29, 1.82) is 0 Å². The lowest BCUT2D eigenvalue weighted by molar-refractivity contribution is -0.118. The molecule has 18 heavy (non-hydrogen) atoms. The first kappa shape index (κ1) is 14.5. The van der Waals surface area contributed by atoms with E-state index in [-0.39, 0.29) is 17.7 Å². The van der Waals surface area contributed by atoms with Crippen molar-refractivity contribution in [3.63, 3.8) is 0 Å². The molecular weight excluding hydrogens is 252 g/mol. The Morgan fingerprint density at radius 1 is 1.22 bits per heavy atom. The van der Waals surface area contributed by atoms with Crippen LogP contribution in [-0.4, -0.2) is 17.7 Å². The molecule has 0 fully saturated rings. The number of nitrogens with one attached hydrogen (secondary N) is 2. The van der Waals surface area contributed by atoms with E-state index in [9.17, 15) is 9.59 Å². The second kappa shape index (κ2) is 6.40. The fourth-order valence-corrected chi connectivity index (χ4v) is 1.87. The number of benzene rings is 1. The van der Waals surface area contributed by atoms with E-state index in [2.05, 4.69) is 10.6 Å². The van der Waals surface area contributed by atoms with E-state index in [1.807, 2.05) is 26.0 Å². The Labute approximate surface area is 112 Å². The Morgan fingerprint density at radius 2 is 1.78 bits per heavy atom. The molecule has 0 aliphatic rings. The molecule has 1 aromatic carbocycles. The zero-order chi connectivity index (χ0) is 13.7. The predicted molar refractivity (Wildman–Crippen MR) is 72.8 cm³/mol. The van der Waals surface area contributed by atoms with Gasteiger partial charge in [-0.25, -0.2) is 0 Å². The molecule has 0 aliphatic carbocycles. The molecule has 0 saturated heterocycles. The van der Waals surface area contributed by atoms with E-state index in [0.717, 1.165) is 22.4 Å². The van der Waals surface area contributed by atoms with Gasteiger partial charge in [0.15, 0.2) is 0 Å². The van der Waals surface area contributed by atoms with Crippen LogP contribution in [0.25, 0.3) is 0 Å². The number of hydrogen-bond donors (Lipinski definition) is 2. The largest absolute Gasteiger partial charge is 0.351 e. The minimum Gasteiger partial charge on any atom is -0.351 e. The third-order valence-corrected chi connectivity index (χ3v) is 2.75. The van der Waals surface area contributed by atoms with Gasteiger partial charge < -0.3 is 10.6 Å². The third-order valence-electron chi connectivity index (χ3n) is 2.50. The Bertz CT molecular complexity index is 449. The van der Waals surface area contributed by atoms with Crippen LogP contribution in [0.3, 0.4) is 0 Å². The zero-order valence-corrected chi connectivity index (χ0v) is 11.5. The van der Waals surface area contributed by atoms with Crippen LogP contribution in [-0.2, 0) is 16.1 Å². The van der Waals surface area contributed by atoms with Crippen LogP contribution in [0.5, 0.6) is 0 Å². The summed E-state index contributed by atoms with van der Waals surface area (Å²) in [5.74, 6) is -0.329. The number of carbonyl (C=O) groups is 2. The first-order chi connectivity index (χ1) is 8.43. The molecule has 0 unspecified atom stereocenters. The van der Waals surface area contributed by atoms with E-state index in [4.69, 9.17) is 11.6 Å². The van der Waals surface area contributed by atoms with Crippen molar-refractivity contribution in [1.82, 2.24) is 5.32 Å². The van der Waals surface area contributed by atoms with Crippen molar-refractivity contribution in [2.45, 2.75) is 27.3 Å². The van der Waals surface area contributed by atoms with Crippen LogP contribution in [0, 0.1) is 13.8 Å². The van der Waals surface area contributed by atoms with Gasteiger partial charge in [0.05, 0.1) is 0 Å². The quantitative estimate of drug-likeness (QED) is 0.822. The molecule has 0 radical (unpaired) electrons. The van der Waals surface area contributed by atoms with Crippen molar-refractivity contribution in [2.75, 3.05) is 11.2 Å². The van der Waals surface area contributed by atoms with Crippen molar-refractivity contribution in [2.24, 2.45) is 0 Å². The lowest BCUT2D eigenvalue weighted by Crippen LogP contribution is -2.23. The number of aryl methyl sites for hydroxylation is 2. The Kier molecular flexibility index (Phi) is 5.16. The van der Waals surface area contributed by atoms with Gasteiger partial charge in [-0.2, -0.15) is 0 Å². The summed E-state index contributed by atoms with van der Waals surface area (Å²) >= 11 is 5.40. The number of anilines is 1. The van der Waals surface area contributed by atoms with E-state index in [1.54, 1.807) is 0 Å². The molecule has 5 heteroatoms. The van der Waals surface area contributed by atoms with E-state index < -0.39 is 0 Å². The third kappa shape index (κ3) is 4.04. The highest BCUT2D eigenvalue weighted by Crippen LogP contribution is 2.22. The first-order valence-corrected chi connectivity index (χ1v) is 6.18. The molecule has 0 bridgehead atoms.